The minimum absolute atomic E-state index is 0.0219. The van der Waals surface area contributed by atoms with E-state index < -0.39 is 32.1 Å². The maximum absolute atomic E-state index is 11.9. The van der Waals surface area contributed by atoms with Crippen molar-refractivity contribution in [3.05, 3.63) is 0 Å². The first-order chi connectivity index (χ1) is 9.69. The number of amides is 1. The molecule has 1 amide bonds. The van der Waals surface area contributed by atoms with Crippen molar-refractivity contribution in [2.75, 3.05) is 13.7 Å². The van der Waals surface area contributed by atoms with E-state index in [-0.39, 0.29) is 11.6 Å². The maximum Gasteiger partial charge on any atom is 0.407 e. The predicted molar refractivity (Wildman–Crippen MR) is 88.3 cm³/mol. The number of alkyl carbamates (subject to hydrolysis) is 1. The monoisotopic (exact) mass is 333 g/mol. The highest BCUT2D eigenvalue weighted by atomic mass is 28.4. The Morgan fingerprint density at radius 2 is 1.59 bits per heavy atom. The Balaban J connectivity index is 4.82. The number of methoxy groups -OCH3 is 1. The summed E-state index contributed by atoms with van der Waals surface area (Å²) >= 11 is 0. The van der Waals surface area contributed by atoms with Crippen molar-refractivity contribution in [1.29, 1.82) is 0 Å². The van der Waals surface area contributed by atoms with Crippen LogP contribution in [0.15, 0.2) is 0 Å². The smallest absolute Gasteiger partial charge is 0.407 e. The van der Waals surface area contributed by atoms with Crippen molar-refractivity contribution < 1.29 is 23.5 Å². The fourth-order valence-corrected chi connectivity index (χ4v) is 2.57. The van der Waals surface area contributed by atoms with Crippen LogP contribution in [0.4, 0.5) is 4.79 Å². The highest BCUT2D eigenvalue weighted by Crippen LogP contribution is 2.37. The molecular weight excluding hydrogens is 302 g/mol. The van der Waals surface area contributed by atoms with E-state index in [0.717, 1.165) is 0 Å². The normalized spacial score (nSPS) is 14.2. The molecule has 0 aliphatic heterocycles. The fourth-order valence-electron chi connectivity index (χ4n) is 1.33. The molecule has 0 aromatic carbocycles. The lowest BCUT2D eigenvalue weighted by Crippen LogP contribution is -2.50. The molecule has 0 bridgehead atoms. The Morgan fingerprint density at radius 3 is 1.95 bits per heavy atom. The highest BCUT2D eigenvalue weighted by Gasteiger charge is 2.41. The average Bonchev–Trinajstić information content (AvgIpc) is 2.29. The Hall–Kier alpha value is -1.08. The lowest BCUT2D eigenvalue weighted by Gasteiger charge is -2.38. The van der Waals surface area contributed by atoms with Crippen LogP contribution in [0, 0.1) is 0 Å². The van der Waals surface area contributed by atoms with Crippen LogP contribution < -0.4 is 5.32 Å². The third-order valence-electron chi connectivity index (χ3n) is 3.54. The minimum atomic E-state index is -2.16. The van der Waals surface area contributed by atoms with Crippen LogP contribution >= 0.6 is 0 Å². The zero-order valence-electron chi connectivity index (χ0n) is 15.3. The zero-order valence-corrected chi connectivity index (χ0v) is 16.3. The summed E-state index contributed by atoms with van der Waals surface area (Å²) in [6.07, 6.45) is -1.42. The van der Waals surface area contributed by atoms with E-state index in [1.54, 1.807) is 20.8 Å². The molecule has 0 aromatic heterocycles. The van der Waals surface area contributed by atoms with Gasteiger partial charge in [-0.25, -0.2) is 9.59 Å². The number of hydrogen-bond donors (Lipinski definition) is 1. The van der Waals surface area contributed by atoms with E-state index in [4.69, 9.17) is 13.9 Å². The fraction of sp³-hybridized carbons (Fsp3) is 0.867. The Labute approximate surface area is 135 Å². The van der Waals surface area contributed by atoms with Gasteiger partial charge in [0.05, 0.1) is 13.7 Å². The lowest BCUT2D eigenvalue weighted by atomic mass is 10.2. The van der Waals surface area contributed by atoms with E-state index in [1.165, 1.54) is 7.11 Å². The van der Waals surface area contributed by atoms with E-state index in [1.807, 2.05) is 13.1 Å². The number of ether oxygens (including phenoxy) is 2. The number of carbonyl (C=O) groups is 2. The standard InChI is InChI=1S/C15H31NO5Si/c1-14(2,3)20-13(18)16-10-11(12(17)19-7)21-22(8,9)15(4,5)6/h11H,10H2,1-9H3,(H,16,18)/t11-/m1/s1. The van der Waals surface area contributed by atoms with Gasteiger partial charge in [0, 0.05) is 0 Å². The third kappa shape index (κ3) is 7.26. The molecule has 22 heavy (non-hydrogen) atoms. The van der Waals surface area contributed by atoms with E-state index in [2.05, 4.69) is 26.1 Å². The molecule has 1 N–H and O–H groups in total. The molecule has 1 atom stereocenters. The van der Waals surface area contributed by atoms with Crippen LogP contribution in [-0.2, 0) is 18.7 Å². The van der Waals surface area contributed by atoms with Gasteiger partial charge >= 0.3 is 12.1 Å². The van der Waals surface area contributed by atoms with E-state index in [0.29, 0.717) is 0 Å². The highest BCUT2D eigenvalue weighted by molar-refractivity contribution is 6.74. The van der Waals surface area contributed by atoms with Gasteiger partial charge in [0.15, 0.2) is 14.4 Å². The molecule has 0 spiro atoms. The lowest BCUT2D eigenvalue weighted by molar-refractivity contribution is -0.149. The summed E-state index contributed by atoms with van der Waals surface area (Å²) in [7, 11) is -0.855. The molecular formula is C15H31NO5Si. The summed E-state index contributed by atoms with van der Waals surface area (Å²) in [6, 6.07) is 0. The van der Waals surface area contributed by atoms with Crippen LogP contribution in [0.5, 0.6) is 0 Å². The molecule has 0 heterocycles. The molecule has 0 aliphatic carbocycles. The van der Waals surface area contributed by atoms with Gasteiger partial charge in [0.1, 0.15) is 5.60 Å². The van der Waals surface area contributed by atoms with Crippen molar-refractivity contribution in [3.8, 4) is 0 Å². The number of carbonyl (C=O) groups excluding carboxylic acids is 2. The Bertz CT molecular complexity index is 396. The van der Waals surface area contributed by atoms with Crippen LogP contribution in [0.2, 0.25) is 18.1 Å². The van der Waals surface area contributed by atoms with Gasteiger partial charge < -0.3 is 19.2 Å². The largest absolute Gasteiger partial charge is 0.467 e. The maximum atomic E-state index is 11.9. The van der Waals surface area contributed by atoms with Crippen LogP contribution in [0.25, 0.3) is 0 Å². The topological polar surface area (TPSA) is 73.9 Å². The van der Waals surface area contributed by atoms with Gasteiger partial charge in [-0.1, -0.05) is 20.8 Å². The van der Waals surface area contributed by atoms with E-state index >= 15 is 0 Å². The molecule has 0 unspecified atom stereocenters. The molecule has 0 saturated carbocycles. The molecule has 0 radical (unpaired) electrons. The van der Waals surface area contributed by atoms with Crippen molar-refractivity contribution in [3.63, 3.8) is 0 Å². The van der Waals surface area contributed by atoms with Crippen molar-refractivity contribution in [1.82, 2.24) is 5.32 Å². The number of esters is 1. The van der Waals surface area contributed by atoms with Gasteiger partial charge in [-0.15, -0.1) is 0 Å². The van der Waals surface area contributed by atoms with Crippen molar-refractivity contribution in [2.45, 2.75) is 71.4 Å². The summed E-state index contributed by atoms with van der Waals surface area (Å²) in [5.74, 6) is -0.499. The Morgan fingerprint density at radius 1 is 1.09 bits per heavy atom. The SMILES string of the molecule is COC(=O)[C@@H](CNC(=O)OC(C)(C)C)O[Si](C)(C)C(C)(C)C. The summed E-state index contributed by atoms with van der Waals surface area (Å²) in [6.45, 7) is 15.7. The summed E-state index contributed by atoms with van der Waals surface area (Å²) in [5, 5.41) is 2.51. The molecule has 6 nitrogen and oxygen atoms in total. The van der Waals surface area contributed by atoms with Gasteiger partial charge in [-0.05, 0) is 38.9 Å². The van der Waals surface area contributed by atoms with Crippen LogP contribution in [0.3, 0.4) is 0 Å². The van der Waals surface area contributed by atoms with Gasteiger partial charge in [-0.2, -0.15) is 0 Å². The molecule has 7 heteroatoms. The molecule has 0 aromatic rings. The second-order valence-corrected chi connectivity index (χ2v) is 12.5. The van der Waals surface area contributed by atoms with Gasteiger partial charge in [-0.3, -0.25) is 0 Å². The molecule has 130 valence electrons. The van der Waals surface area contributed by atoms with Crippen LogP contribution in [-0.4, -0.2) is 45.7 Å². The molecule has 0 rings (SSSR count). The second-order valence-electron chi connectivity index (χ2n) is 7.77. The molecule has 0 aliphatic rings. The zero-order chi connectivity index (χ0) is 17.8. The molecule has 0 saturated heterocycles. The first-order valence-corrected chi connectivity index (χ1v) is 10.3. The number of rotatable bonds is 5. The Kier molecular flexibility index (Phi) is 7.09. The van der Waals surface area contributed by atoms with Gasteiger partial charge in [0.2, 0.25) is 0 Å². The van der Waals surface area contributed by atoms with Gasteiger partial charge in [0.25, 0.3) is 0 Å². The van der Waals surface area contributed by atoms with Crippen LogP contribution in [0.1, 0.15) is 41.5 Å². The predicted octanol–water partition coefficient (Wildman–Crippen LogP) is 3.07. The second kappa shape index (κ2) is 7.46. The number of hydrogen-bond acceptors (Lipinski definition) is 5. The minimum Gasteiger partial charge on any atom is -0.467 e. The average molecular weight is 334 g/mol. The summed E-state index contributed by atoms with van der Waals surface area (Å²) in [5.41, 5.74) is -0.592. The number of nitrogens with one attached hydrogen (secondary N) is 1. The first kappa shape index (κ1) is 20.9. The van der Waals surface area contributed by atoms with Crippen molar-refractivity contribution >= 4 is 20.4 Å². The summed E-state index contributed by atoms with van der Waals surface area (Å²) < 4.78 is 16.0. The van der Waals surface area contributed by atoms with Crippen molar-refractivity contribution in [2.24, 2.45) is 0 Å². The van der Waals surface area contributed by atoms with E-state index in [9.17, 15) is 9.59 Å². The third-order valence-corrected chi connectivity index (χ3v) is 8.02. The first-order valence-electron chi connectivity index (χ1n) is 7.42. The molecule has 0 fully saturated rings. The summed E-state index contributed by atoms with van der Waals surface area (Å²) in [4.78, 5) is 23.6. The quantitative estimate of drug-likeness (QED) is 0.618.